The van der Waals surface area contributed by atoms with Crippen LogP contribution in [0.25, 0.3) is 0 Å². The lowest BCUT2D eigenvalue weighted by Gasteiger charge is -1.82. The lowest BCUT2D eigenvalue weighted by Crippen LogP contribution is -1.70. The number of nitrogens with zero attached hydrogens (tertiary/aromatic N) is 1. The van der Waals surface area contributed by atoms with Gasteiger partial charge in [-0.25, -0.2) is 0 Å². The summed E-state index contributed by atoms with van der Waals surface area (Å²) in [7, 11) is 0. The smallest absolute Gasteiger partial charge is 0.189 e. The third kappa shape index (κ3) is 0.889. The van der Waals surface area contributed by atoms with Crippen molar-refractivity contribution in [3.8, 4) is 11.1 Å². The first-order valence-corrected chi connectivity index (χ1v) is 3.31. The van der Waals surface area contributed by atoms with Gasteiger partial charge in [0.1, 0.15) is 11.6 Å². The Morgan fingerprint density at radius 2 is 2.44 bits per heavy atom. The molecule has 1 aromatic rings. The molecule has 0 atom stereocenters. The molecule has 0 amide bonds. The molecule has 2 nitrogen and oxygen atoms in total. The fourth-order valence-electron chi connectivity index (χ4n) is 0.567. The van der Waals surface area contributed by atoms with Gasteiger partial charge in [-0.05, 0) is 17.9 Å². The minimum absolute atomic E-state index is 0.120. The number of hydrogen-bond donors (Lipinski definition) is 1. The van der Waals surface area contributed by atoms with E-state index in [1.54, 1.807) is 12.3 Å². The molecule has 1 rings (SSSR count). The molecule has 0 aromatic carbocycles. The minimum Gasteiger partial charge on any atom is -0.499 e. The second-order valence-electron chi connectivity index (χ2n) is 1.71. The molecule has 0 aliphatic rings. The minimum atomic E-state index is 0.120. The van der Waals surface area contributed by atoms with E-state index in [0.717, 1.165) is 5.56 Å². The zero-order valence-electron chi connectivity index (χ0n) is 4.88. The molecule has 0 radical (unpaired) electrons. The van der Waals surface area contributed by atoms with E-state index in [2.05, 4.69) is 0 Å². The summed E-state index contributed by atoms with van der Waals surface area (Å²) < 4.78 is 0. The zero-order chi connectivity index (χ0) is 6.85. The Balaban J connectivity index is 3.27. The summed E-state index contributed by atoms with van der Waals surface area (Å²) >= 11 is 1.19. The number of aryl methyl sites for hydroxylation is 1. The van der Waals surface area contributed by atoms with E-state index in [4.69, 9.17) is 10.4 Å². The van der Waals surface area contributed by atoms with Crippen molar-refractivity contribution < 1.29 is 5.11 Å². The molecule has 1 heterocycles. The third-order valence-corrected chi connectivity index (χ3v) is 1.97. The first kappa shape index (κ1) is 6.12. The molecule has 0 aliphatic carbocycles. The van der Waals surface area contributed by atoms with Gasteiger partial charge in [-0.15, -0.1) is 11.3 Å². The molecular weight excluding hydrogens is 134 g/mol. The van der Waals surface area contributed by atoms with E-state index in [1.807, 2.05) is 6.07 Å². The summed E-state index contributed by atoms with van der Waals surface area (Å²) in [6, 6.07) is 1.90. The molecule has 0 aliphatic heterocycles. The predicted octanol–water partition coefficient (Wildman–Crippen LogP) is 1.63. The van der Waals surface area contributed by atoms with E-state index < -0.39 is 0 Å². The highest BCUT2D eigenvalue weighted by atomic mass is 32.1. The summed E-state index contributed by atoms with van der Waals surface area (Å²) in [6.45, 7) is 1.80. The standard InChI is InChI=1S/C6H5NOS/c1-4-3-9-6(8)5(4)2-7/h3,8H,1H3. The Hall–Kier alpha value is -1.01. The Labute approximate surface area is 57.0 Å². The van der Waals surface area contributed by atoms with Crippen LogP contribution < -0.4 is 0 Å². The maximum Gasteiger partial charge on any atom is 0.189 e. The molecule has 9 heavy (non-hydrogen) atoms. The van der Waals surface area contributed by atoms with Gasteiger partial charge in [0.25, 0.3) is 0 Å². The lowest BCUT2D eigenvalue weighted by atomic mass is 10.2. The van der Waals surface area contributed by atoms with Crippen LogP contribution in [0.5, 0.6) is 5.06 Å². The molecule has 0 fully saturated rings. The van der Waals surface area contributed by atoms with Crippen molar-refractivity contribution in [1.82, 2.24) is 0 Å². The topological polar surface area (TPSA) is 44.0 Å². The van der Waals surface area contributed by atoms with Crippen LogP contribution in [0.3, 0.4) is 0 Å². The summed E-state index contributed by atoms with van der Waals surface area (Å²) in [4.78, 5) is 0. The molecule has 1 aromatic heterocycles. The van der Waals surface area contributed by atoms with Crippen LogP contribution in [0.4, 0.5) is 0 Å². The van der Waals surface area contributed by atoms with Crippen LogP contribution in [0.2, 0.25) is 0 Å². The van der Waals surface area contributed by atoms with Crippen LogP contribution in [-0.4, -0.2) is 5.11 Å². The third-order valence-electron chi connectivity index (χ3n) is 1.07. The van der Waals surface area contributed by atoms with Crippen LogP contribution in [0, 0.1) is 18.3 Å². The second-order valence-corrected chi connectivity index (χ2v) is 2.57. The normalized spacial score (nSPS) is 8.89. The monoisotopic (exact) mass is 139 g/mol. The maximum atomic E-state index is 8.93. The molecular formula is C6H5NOS. The van der Waals surface area contributed by atoms with Crippen LogP contribution in [0.15, 0.2) is 5.38 Å². The predicted molar refractivity (Wildman–Crippen MR) is 35.4 cm³/mol. The fraction of sp³-hybridized carbons (Fsp3) is 0.167. The number of aromatic hydroxyl groups is 1. The Morgan fingerprint density at radius 1 is 1.78 bits per heavy atom. The number of nitriles is 1. The van der Waals surface area contributed by atoms with Crippen molar-refractivity contribution in [3.63, 3.8) is 0 Å². The fourth-order valence-corrected chi connectivity index (χ4v) is 1.30. The number of thiophene rings is 1. The molecule has 3 heteroatoms. The van der Waals surface area contributed by atoms with Gasteiger partial charge in [-0.1, -0.05) is 0 Å². The van der Waals surface area contributed by atoms with Gasteiger partial charge in [0.05, 0.1) is 0 Å². The largest absolute Gasteiger partial charge is 0.499 e. The summed E-state index contributed by atoms with van der Waals surface area (Å²) in [5.41, 5.74) is 1.25. The molecule has 0 saturated heterocycles. The van der Waals surface area contributed by atoms with Gasteiger partial charge in [-0.3, -0.25) is 0 Å². The average molecular weight is 139 g/mol. The quantitative estimate of drug-likeness (QED) is 0.593. The second kappa shape index (κ2) is 2.08. The van der Waals surface area contributed by atoms with Crippen LogP contribution in [0.1, 0.15) is 11.1 Å². The Morgan fingerprint density at radius 3 is 2.67 bits per heavy atom. The van der Waals surface area contributed by atoms with E-state index in [-0.39, 0.29) is 5.06 Å². The van der Waals surface area contributed by atoms with Gasteiger partial charge < -0.3 is 5.11 Å². The summed E-state index contributed by atoms with van der Waals surface area (Å²) in [5.74, 6) is 0. The summed E-state index contributed by atoms with van der Waals surface area (Å²) in [6.07, 6.45) is 0. The summed E-state index contributed by atoms with van der Waals surface area (Å²) in [5, 5.41) is 19.2. The van der Waals surface area contributed by atoms with Crippen molar-refractivity contribution in [3.05, 3.63) is 16.5 Å². The van der Waals surface area contributed by atoms with Crippen LogP contribution >= 0.6 is 11.3 Å². The van der Waals surface area contributed by atoms with Crippen molar-refractivity contribution >= 4 is 11.3 Å². The van der Waals surface area contributed by atoms with Gasteiger partial charge in [0.2, 0.25) is 0 Å². The van der Waals surface area contributed by atoms with Crippen molar-refractivity contribution in [2.75, 3.05) is 0 Å². The lowest BCUT2D eigenvalue weighted by molar-refractivity contribution is 0.489. The Kier molecular flexibility index (Phi) is 1.41. The molecule has 0 saturated carbocycles. The van der Waals surface area contributed by atoms with Crippen molar-refractivity contribution in [2.24, 2.45) is 0 Å². The van der Waals surface area contributed by atoms with Gasteiger partial charge in [-0.2, -0.15) is 5.26 Å². The van der Waals surface area contributed by atoms with Crippen molar-refractivity contribution in [2.45, 2.75) is 6.92 Å². The average Bonchev–Trinajstić information content (AvgIpc) is 2.12. The number of rotatable bonds is 0. The van der Waals surface area contributed by atoms with E-state index in [0.29, 0.717) is 5.56 Å². The molecule has 0 unspecified atom stereocenters. The van der Waals surface area contributed by atoms with Gasteiger partial charge in [0.15, 0.2) is 5.06 Å². The van der Waals surface area contributed by atoms with E-state index in [1.165, 1.54) is 11.3 Å². The van der Waals surface area contributed by atoms with Crippen molar-refractivity contribution in [1.29, 1.82) is 5.26 Å². The van der Waals surface area contributed by atoms with E-state index >= 15 is 0 Å². The molecule has 1 N–H and O–H groups in total. The Bertz CT molecular complexity index is 239. The first-order chi connectivity index (χ1) is 4.25. The van der Waals surface area contributed by atoms with E-state index in [9.17, 15) is 0 Å². The highest BCUT2D eigenvalue weighted by Gasteiger charge is 2.04. The molecule has 0 spiro atoms. The zero-order valence-corrected chi connectivity index (χ0v) is 5.70. The van der Waals surface area contributed by atoms with Gasteiger partial charge >= 0.3 is 0 Å². The maximum absolute atomic E-state index is 8.93. The van der Waals surface area contributed by atoms with Gasteiger partial charge in [0, 0.05) is 0 Å². The highest BCUT2D eigenvalue weighted by molar-refractivity contribution is 7.12. The molecule has 46 valence electrons. The molecule has 0 bridgehead atoms. The number of hydrogen-bond acceptors (Lipinski definition) is 3. The highest BCUT2D eigenvalue weighted by Crippen LogP contribution is 2.26. The van der Waals surface area contributed by atoms with Crippen LogP contribution in [-0.2, 0) is 0 Å². The first-order valence-electron chi connectivity index (χ1n) is 2.43. The SMILES string of the molecule is Cc1csc(O)c1C#N.